The van der Waals surface area contributed by atoms with E-state index in [1.807, 2.05) is 25.1 Å². The Kier molecular flexibility index (Phi) is 4.37. The lowest BCUT2D eigenvalue weighted by Crippen LogP contribution is -2.53. The molecular formula is C21H22N2O5. The van der Waals surface area contributed by atoms with Crippen LogP contribution in [-0.2, 0) is 9.59 Å². The first-order chi connectivity index (χ1) is 13.3. The van der Waals surface area contributed by atoms with Gasteiger partial charge in [-0.3, -0.25) is 9.59 Å². The molecule has 0 fully saturated rings. The third-order valence-electron chi connectivity index (χ3n) is 4.75. The van der Waals surface area contributed by atoms with Gasteiger partial charge in [0.1, 0.15) is 5.75 Å². The van der Waals surface area contributed by atoms with E-state index < -0.39 is 5.60 Å². The van der Waals surface area contributed by atoms with Crippen LogP contribution in [0.25, 0.3) is 0 Å². The first-order valence-electron chi connectivity index (χ1n) is 9.15. The first kappa shape index (κ1) is 18.2. The van der Waals surface area contributed by atoms with Gasteiger partial charge in [-0.2, -0.15) is 0 Å². The summed E-state index contributed by atoms with van der Waals surface area (Å²) in [7, 11) is 0. The van der Waals surface area contributed by atoms with Gasteiger partial charge >= 0.3 is 0 Å². The van der Waals surface area contributed by atoms with Crippen LogP contribution in [0.3, 0.4) is 0 Å². The number of hydrogen-bond donors (Lipinski definition) is 1. The molecule has 1 N–H and O–H groups in total. The van der Waals surface area contributed by atoms with Gasteiger partial charge in [0.05, 0.1) is 5.69 Å². The van der Waals surface area contributed by atoms with E-state index in [9.17, 15) is 9.59 Å². The number of nitrogens with one attached hydrogen (secondary N) is 1. The molecule has 28 heavy (non-hydrogen) atoms. The number of rotatable bonds is 4. The molecule has 0 saturated carbocycles. The summed E-state index contributed by atoms with van der Waals surface area (Å²) in [6, 6.07) is 10.9. The van der Waals surface area contributed by atoms with Gasteiger partial charge in [-0.25, -0.2) is 0 Å². The van der Waals surface area contributed by atoms with Crippen molar-refractivity contribution in [1.82, 2.24) is 0 Å². The molecule has 0 bridgehead atoms. The number of fused-ring (bicyclic) bond motifs is 2. The van der Waals surface area contributed by atoms with E-state index in [4.69, 9.17) is 14.2 Å². The Balaban J connectivity index is 1.47. The lowest BCUT2D eigenvalue weighted by molar-refractivity contribution is -0.132. The van der Waals surface area contributed by atoms with Gasteiger partial charge in [0.25, 0.3) is 5.91 Å². The number of carbonyl (C=O) groups is 2. The maximum atomic E-state index is 12.9. The minimum Gasteiger partial charge on any atom is -0.476 e. The predicted molar refractivity (Wildman–Crippen MR) is 104 cm³/mol. The Hall–Kier alpha value is -3.22. The van der Waals surface area contributed by atoms with E-state index >= 15 is 0 Å². The summed E-state index contributed by atoms with van der Waals surface area (Å²) >= 11 is 0. The monoisotopic (exact) mass is 382 g/mol. The molecule has 0 aromatic heterocycles. The zero-order valence-electron chi connectivity index (χ0n) is 16.1. The highest BCUT2D eigenvalue weighted by Gasteiger charge is 2.40. The lowest BCUT2D eigenvalue weighted by atomic mass is 10.0. The molecule has 0 atom stereocenters. The molecule has 2 aromatic carbocycles. The highest BCUT2D eigenvalue weighted by molar-refractivity contribution is 6.03. The van der Waals surface area contributed by atoms with Crippen LogP contribution in [0.5, 0.6) is 17.2 Å². The van der Waals surface area contributed by atoms with Gasteiger partial charge in [-0.05, 0) is 50.6 Å². The summed E-state index contributed by atoms with van der Waals surface area (Å²) in [6.07, 6.45) is 0.156. The Bertz CT molecular complexity index is 954. The molecule has 0 unspecified atom stereocenters. The van der Waals surface area contributed by atoms with Gasteiger partial charge in [-0.1, -0.05) is 6.07 Å². The lowest BCUT2D eigenvalue weighted by Gasteiger charge is -2.38. The van der Waals surface area contributed by atoms with Crippen molar-refractivity contribution in [3.8, 4) is 17.2 Å². The van der Waals surface area contributed by atoms with Crippen LogP contribution in [0.4, 0.5) is 11.4 Å². The predicted octanol–water partition coefficient (Wildman–Crippen LogP) is 3.26. The third-order valence-corrected chi connectivity index (χ3v) is 4.75. The molecule has 0 spiro atoms. The van der Waals surface area contributed by atoms with Crippen molar-refractivity contribution in [3.63, 3.8) is 0 Å². The molecule has 2 amide bonds. The van der Waals surface area contributed by atoms with E-state index in [-0.39, 0.29) is 31.6 Å². The largest absolute Gasteiger partial charge is 0.476 e. The van der Waals surface area contributed by atoms with Crippen LogP contribution in [0, 0.1) is 6.92 Å². The number of nitrogens with zero attached hydrogens (tertiary/aromatic N) is 1. The Morgan fingerprint density at radius 1 is 1.11 bits per heavy atom. The van der Waals surface area contributed by atoms with Gasteiger partial charge in [-0.15, -0.1) is 0 Å². The fourth-order valence-corrected chi connectivity index (χ4v) is 3.31. The van der Waals surface area contributed by atoms with Gasteiger partial charge in [0.2, 0.25) is 12.7 Å². The normalized spacial score (nSPS) is 16.4. The van der Waals surface area contributed by atoms with Crippen molar-refractivity contribution in [1.29, 1.82) is 0 Å². The Morgan fingerprint density at radius 3 is 2.68 bits per heavy atom. The molecule has 0 saturated heterocycles. The standard InChI is InChI=1S/C21H22N2O5/c1-13-4-6-16-15(10-13)23(20(25)21(2,3)28-16)9-8-19(24)22-14-5-7-17-18(11-14)27-12-26-17/h4-7,10-11H,8-9,12H2,1-3H3,(H,22,24). The van der Waals surface area contributed by atoms with Crippen molar-refractivity contribution in [3.05, 3.63) is 42.0 Å². The number of amides is 2. The number of benzene rings is 2. The Morgan fingerprint density at radius 2 is 1.86 bits per heavy atom. The van der Waals surface area contributed by atoms with Crippen molar-refractivity contribution in [2.45, 2.75) is 32.8 Å². The zero-order valence-corrected chi connectivity index (χ0v) is 16.1. The zero-order chi connectivity index (χ0) is 19.9. The van der Waals surface area contributed by atoms with Crippen molar-refractivity contribution >= 4 is 23.2 Å². The third kappa shape index (κ3) is 3.35. The minimum atomic E-state index is -0.976. The van der Waals surface area contributed by atoms with Crippen LogP contribution in [0.2, 0.25) is 0 Å². The first-order valence-corrected chi connectivity index (χ1v) is 9.15. The minimum absolute atomic E-state index is 0.156. The number of anilines is 2. The van der Waals surface area contributed by atoms with Crippen molar-refractivity contribution in [2.24, 2.45) is 0 Å². The topological polar surface area (TPSA) is 77.1 Å². The average molecular weight is 382 g/mol. The molecule has 4 rings (SSSR count). The van der Waals surface area contributed by atoms with E-state index in [0.29, 0.717) is 28.6 Å². The maximum Gasteiger partial charge on any atom is 0.270 e. The fraction of sp³-hybridized carbons (Fsp3) is 0.333. The van der Waals surface area contributed by atoms with E-state index in [1.165, 1.54) is 0 Å². The molecule has 0 radical (unpaired) electrons. The Labute approximate surface area is 163 Å². The van der Waals surface area contributed by atoms with E-state index in [1.54, 1.807) is 36.9 Å². The summed E-state index contributed by atoms with van der Waals surface area (Å²) in [4.78, 5) is 26.9. The van der Waals surface area contributed by atoms with Gasteiger partial charge in [0.15, 0.2) is 17.1 Å². The molecule has 2 heterocycles. The highest BCUT2D eigenvalue weighted by atomic mass is 16.7. The second-order valence-electron chi connectivity index (χ2n) is 7.41. The molecule has 7 nitrogen and oxygen atoms in total. The number of aryl methyl sites for hydroxylation is 1. The second-order valence-corrected chi connectivity index (χ2v) is 7.41. The quantitative estimate of drug-likeness (QED) is 0.878. The van der Waals surface area contributed by atoms with Crippen LogP contribution in [0.15, 0.2) is 36.4 Å². The fourth-order valence-electron chi connectivity index (χ4n) is 3.31. The molecule has 146 valence electrons. The highest BCUT2D eigenvalue weighted by Crippen LogP contribution is 2.38. The molecule has 0 aliphatic carbocycles. The molecule has 2 aliphatic rings. The summed E-state index contributed by atoms with van der Waals surface area (Å²) in [6.45, 7) is 5.86. The molecule has 7 heteroatoms. The molecule has 2 aliphatic heterocycles. The number of carbonyl (C=O) groups excluding carboxylic acids is 2. The summed E-state index contributed by atoms with van der Waals surface area (Å²) in [5, 5.41) is 2.84. The maximum absolute atomic E-state index is 12.9. The second kappa shape index (κ2) is 6.74. The van der Waals surface area contributed by atoms with Crippen LogP contribution in [-0.4, -0.2) is 30.8 Å². The molecule has 2 aromatic rings. The van der Waals surface area contributed by atoms with Crippen LogP contribution < -0.4 is 24.4 Å². The van der Waals surface area contributed by atoms with Gasteiger partial charge < -0.3 is 24.4 Å². The van der Waals surface area contributed by atoms with Crippen molar-refractivity contribution < 1.29 is 23.8 Å². The average Bonchev–Trinajstić information content (AvgIpc) is 3.10. The van der Waals surface area contributed by atoms with Crippen LogP contribution in [0.1, 0.15) is 25.8 Å². The summed E-state index contributed by atoms with van der Waals surface area (Å²) in [5.41, 5.74) is 1.36. The number of ether oxygens (including phenoxy) is 3. The summed E-state index contributed by atoms with van der Waals surface area (Å²) < 4.78 is 16.4. The van der Waals surface area contributed by atoms with Crippen molar-refractivity contribution in [2.75, 3.05) is 23.6 Å². The van der Waals surface area contributed by atoms with E-state index in [0.717, 1.165) is 5.56 Å². The van der Waals surface area contributed by atoms with E-state index in [2.05, 4.69) is 5.32 Å². The van der Waals surface area contributed by atoms with Crippen LogP contribution >= 0.6 is 0 Å². The molecular weight excluding hydrogens is 360 g/mol. The smallest absolute Gasteiger partial charge is 0.270 e. The SMILES string of the molecule is Cc1ccc2c(c1)N(CCC(=O)Nc1ccc3c(c1)OCO3)C(=O)C(C)(C)O2. The number of hydrogen-bond acceptors (Lipinski definition) is 5. The van der Waals surface area contributed by atoms with Gasteiger partial charge in [0, 0.05) is 24.7 Å². The summed E-state index contributed by atoms with van der Waals surface area (Å²) in [5.74, 6) is 1.55.